The molecule has 0 radical (unpaired) electrons. The van der Waals surface area contributed by atoms with Gasteiger partial charge in [0, 0.05) is 48.5 Å². The summed E-state index contributed by atoms with van der Waals surface area (Å²) < 4.78 is 2.06. The number of nitrogens with zero attached hydrogens (tertiary/aromatic N) is 2. The van der Waals surface area contributed by atoms with Crippen LogP contribution in [0.2, 0.25) is 0 Å². The summed E-state index contributed by atoms with van der Waals surface area (Å²) in [6.07, 6.45) is 0. The van der Waals surface area contributed by atoms with Crippen LogP contribution in [0.1, 0.15) is 25.3 Å². The molecule has 2 heterocycles. The fourth-order valence-corrected chi connectivity index (χ4v) is 6.96. The first-order chi connectivity index (χ1) is 18.5. The summed E-state index contributed by atoms with van der Waals surface area (Å²) in [6.45, 7) is 4.41. The van der Waals surface area contributed by atoms with Gasteiger partial charge >= 0.3 is 0 Å². The van der Waals surface area contributed by atoms with E-state index >= 15 is 0 Å². The SMILES string of the molecule is CC(C)c1cc2c3ccccc3c(=O)c3ccc4c5ccc6c(=O)c7ccccc7c7nn(c1c4c32)c5c67. The molecule has 0 spiro atoms. The summed E-state index contributed by atoms with van der Waals surface area (Å²) in [5, 5.41) is 16.2. The zero-order chi connectivity index (χ0) is 25.4. The summed E-state index contributed by atoms with van der Waals surface area (Å²) in [4.78, 5) is 27.2. The van der Waals surface area contributed by atoms with Crippen LogP contribution in [-0.4, -0.2) is 9.61 Å². The number of hydrogen-bond acceptors (Lipinski definition) is 3. The molecule has 0 saturated heterocycles. The summed E-state index contributed by atoms with van der Waals surface area (Å²) in [5.41, 5.74) is 4.13. The van der Waals surface area contributed by atoms with Crippen molar-refractivity contribution in [1.82, 2.24) is 9.61 Å². The topological polar surface area (TPSA) is 51.4 Å². The molecule has 38 heavy (non-hydrogen) atoms. The Labute approximate surface area is 215 Å². The first-order valence-electron chi connectivity index (χ1n) is 13.0. The van der Waals surface area contributed by atoms with E-state index in [-0.39, 0.29) is 16.8 Å². The van der Waals surface area contributed by atoms with Crippen LogP contribution in [0.3, 0.4) is 0 Å². The number of rotatable bonds is 1. The van der Waals surface area contributed by atoms with E-state index in [1.54, 1.807) is 0 Å². The molecule has 0 aliphatic rings. The van der Waals surface area contributed by atoms with Crippen molar-refractivity contribution in [3.63, 3.8) is 0 Å². The average molecular weight is 489 g/mol. The molecule has 2 aromatic heterocycles. The van der Waals surface area contributed by atoms with E-state index in [1.807, 2.05) is 54.6 Å². The highest BCUT2D eigenvalue weighted by Crippen LogP contribution is 2.45. The Morgan fingerprint density at radius 1 is 0.553 bits per heavy atom. The van der Waals surface area contributed by atoms with Crippen LogP contribution in [0, 0.1) is 0 Å². The van der Waals surface area contributed by atoms with Crippen molar-refractivity contribution in [1.29, 1.82) is 0 Å². The van der Waals surface area contributed by atoms with Crippen LogP contribution in [0.15, 0.2) is 88.5 Å². The largest absolute Gasteiger partial charge is 0.289 e. The van der Waals surface area contributed by atoms with Gasteiger partial charge in [0.15, 0.2) is 10.9 Å². The molecule has 0 aliphatic carbocycles. The molecule has 4 heteroatoms. The zero-order valence-electron chi connectivity index (χ0n) is 20.8. The fraction of sp³-hybridized carbons (Fsp3) is 0.0882. The van der Waals surface area contributed by atoms with E-state index in [4.69, 9.17) is 5.10 Å². The van der Waals surface area contributed by atoms with Crippen LogP contribution in [-0.2, 0) is 0 Å². The normalized spacial score (nSPS) is 12.9. The Morgan fingerprint density at radius 3 is 1.84 bits per heavy atom. The monoisotopic (exact) mass is 488 g/mol. The van der Waals surface area contributed by atoms with Gasteiger partial charge in [-0.25, -0.2) is 4.52 Å². The van der Waals surface area contributed by atoms with E-state index in [2.05, 4.69) is 42.6 Å². The molecule has 0 atom stereocenters. The van der Waals surface area contributed by atoms with Crippen LogP contribution in [0.5, 0.6) is 0 Å². The lowest BCUT2D eigenvalue weighted by Gasteiger charge is -2.20. The summed E-state index contributed by atoms with van der Waals surface area (Å²) in [6, 6.07) is 26.0. The first kappa shape index (κ1) is 20.3. The minimum absolute atomic E-state index is 0.0431. The summed E-state index contributed by atoms with van der Waals surface area (Å²) in [5.74, 6) is 0.221. The summed E-state index contributed by atoms with van der Waals surface area (Å²) >= 11 is 0. The lowest BCUT2D eigenvalue weighted by atomic mass is 9.86. The molecule has 0 aliphatic heterocycles. The fourth-order valence-electron chi connectivity index (χ4n) is 6.96. The Hall–Kier alpha value is -4.83. The van der Waals surface area contributed by atoms with Gasteiger partial charge in [0.2, 0.25) is 0 Å². The lowest BCUT2D eigenvalue weighted by Crippen LogP contribution is -2.07. The number of pyridine rings is 1. The molecular formula is C34H20N2O2. The molecule has 0 saturated carbocycles. The second-order valence-corrected chi connectivity index (χ2v) is 10.8. The zero-order valence-corrected chi connectivity index (χ0v) is 20.8. The van der Waals surface area contributed by atoms with Gasteiger partial charge < -0.3 is 0 Å². The van der Waals surface area contributed by atoms with E-state index < -0.39 is 0 Å². The van der Waals surface area contributed by atoms with Crippen molar-refractivity contribution < 1.29 is 0 Å². The number of aromatic nitrogens is 2. The third kappa shape index (κ3) is 2.14. The molecular weight excluding hydrogens is 468 g/mol. The van der Waals surface area contributed by atoms with Crippen LogP contribution in [0.25, 0.3) is 81.2 Å². The molecule has 4 nitrogen and oxygen atoms in total. The smallest absolute Gasteiger partial charge is 0.194 e. The maximum Gasteiger partial charge on any atom is 0.194 e. The third-order valence-electron chi connectivity index (χ3n) is 8.61. The molecule has 7 aromatic carbocycles. The quantitative estimate of drug-likeness (QED) is 0.177. The predicted octanol–water partition coefficient (Wildman–Crippen LogP) is 7.56. The van der Waals surface area contributed by atoms with Crippen molar-refractivity contribution in [3.05, 3.63) is 105 Å². The van der Waals surface area contributed by atoms with E-state index in [1.165, 1.54) is 5.56 Å². The van der Waals surface area contributed by atoms with Gasteiger partial charge in [-0.3, -0.25) is 9.59 Å². The third-order valence-corrected chi connectivity index (χ3v) is 8.61. The van der Waals surface area contributed by atoms with Crippen molar-refractivity contribution in [2.24, 2.45) is 0 Å². The standard InChI is InChI=1S/C34H20N2O2/c1-16(2)25-15-26-17-7-3-5-9-21(17)33(37)23-13-11-18-20-12-14-24-29-30(19-8-4-6-10-22(19)34(24)38)35-36(31(20)29)32(25)28(18)27(23)26/h3-16H,1-2H3. The Morgan fingerprint density at radius 2 is 1.13 bits per heavy atom. The highest BCUT2D eigenvalue weighted by molar-refractivity contribution is 6.35. The molecule has 0 N–H and O–H groups in total. The van der Waals surface area contributed by atoms with Crippen molar-refractivity contribution in [2.75, 3.05) is 0 Å². The number of benzene rings is 7. The lowest BCUT2D eigenvalue weighted by molar-refractivity contribution is 0.866. The van der Waals surface area contributed by atoms with Crippen LogP contribution >= 0.6 is 0 Å². The maximum absolute atomic E-state index is 13.7. The highest BCUT2D eigenvalue weighted by Gasteiger charge is 2.25. The van der Waals surface area contributed by atoms with Crippen molar-refractivity contribution in [3.8, 4) is 0 Å². The minimum atomic E-state index is 0.0431. The van der Waals surface area contributed by atoms with E-state index in [0.29, 0.717) is 10.8 Å². The van der Waals surface area contributed by atoms with Gasteiger partial charge in [-0.2, -0.15) is 5.10 Å². The highest BCUT2D eigenvalue weighted by atomic mass is 16.1. The average Bonchev–Trinajstić information content (AvgIpc) is 3.35. The first-order valence-corrected chi connectivity index (χ1v) is 13.0. The van der Waals surface area contributed by atoms with E-state index in [9.17, 15) is 9.59 Å². The van der Waals surface area contributed by atoms with Gasteiger partial charge in [-0.05, 0) is 45.8 Å². The Bertz CT molecular complexity index is 2580. The maximum atomic E-state index is 13.7. The molecule has 9 aromatic rings. The van der Waals surface area contributed by atoms with Crippen molar-refractivity contribution in [2.45, 2.75) is 19.8 Å². The van der Waals surface area contributed by atoms with Crippen molar-refractivity contribution >= 4 is 81.2 Å². The van der Waals surface area contributed by atoms with Gasteiger partial charge in [-0.1, -0.05) is 74.5 Å². The predicted molar refractivity (Wildman–Crippen MR) is 158 cm³/mol. The van der Waals surface area contributed by atoms with E-state index in [0.717, 1.165) is 70.4 Å². The molecule has 0 fully saturated rings. The van der Waals surface area contributed by atoms with Gasteiger partial charge in [-0.15, -0.1) is 0 Å². The van der Waals surface area contributed by atoms with Gasteiger partial charge in [0.05, 0.1) is 11.0 Å². The minimum Gasteiger partial charge on any atom is -0.289 e. The Kier molecular flexibility index (Phi) is 3.48. The second-order valence-electron chi connectivity index (χ2n) is 10.8. The molecule has 0 amide bonds. The molecule has 0 unspecified atom stereocenters. The van der Waals surface area contributed by atoms with Crippen LogP contribution in [0.4, 0.5) is 0 Å². The van der Waals surface area contributed by atoms with Gasteiger partial charge in [0.25, 0.3) is 0 Å². The Balaban J connectivity index is 1.69. The van der Waals surface area contributed by atoms with Gasteiger partial charge in [0.1, 0.15) is 5.52 Å². The number of fused-ring (bicyclic) bond motifs is 6. The molecule has 0 bridgehead atoms. The second kappa shape index (κ2) is 6.53. The molecule has 178 valence electrons. The number of hydrogen-bond donors (Lipinski definition) is 0. The van der Waals surface area contributed by atoms with Crippen LogP contribution < -0.4 is 10.9 Å². The summed E-state index contributed by atoms with van der Waals surface area (Å²) in [7, 11) is 0. The molecule has 9 rings (SSSR count).